The van der Waals surface area contributed by atoms with Crippen LogP contribution in [-0.4, -0.2) is 248 Å². The quantitative estimate of drug-likeness (QED) is 0.00712. The maximum atomic E-state index is 13.5. The molecule has 4 heterocycles. The molecule has 0 aromatic rings. The van der Waals surface area contributed by atoms with E-state index in [2.05, 4.69) is 91.8 Å². The molecule has 92 heavy (non-hydrogen) atoms. The third-order valence-corrected chi connectivity index (χ3v) is 16.2. The number of hydrogen-bond acceptors (Lipinski definition) is 57. The zero-order valence-corrected chi connectivity index (χ0v) is 52.7. The molecule has 4 aliphatic heterocycles. The van der Waals surface area contributed by atoms with Crippen LogP contribution >= 0.6 is 85.8 Å². The summed E-state index contributed by atoms with van der Waals surface area (Å²) in [6.07, 6.45) is -43.7. The topological polar surface area (TPSA) is 752 Å². The second-order valence-electron chi connectivity index (χ2n) is 15.8. The van der Waals surface area contributed by atoms with Crippen LogP contribution in [0, 0.1) is 0 Å². The molecular weight excluding hydrogens is 1570 g/mol. The van der Waals surface area contributed by atoms with Crippen molar-refractivity contribution in [2.24, 2.45) is 0 Å². The van der Waals surface area contributed by atoms with Crippen LogP contribution in [-0.2, 0) is 193 Å². The van der Waals surface area contributed by atoms with E-state index >= 15 is 0 Å². The fourth-order valence-corrected chi connectivity index (χ4v) is 12.9. The summed E-state index contributed by atoms with van der Waals surface area (Å²) in [5.74, 6) is -2.33. The average molecular weight is 1610 g/mol. The molecule has 56 nitrogen and oxygen atoms in total. The highest BCUT2D eigenvalue weighted by Gasteiger charge is 2.61. The van der Waals surface area contributed by atoms with Gasteiger partial charge < -0.3 is 38.3 Å². The van der Waals surface area contributed by atoms with Crippen LogP contribution in [0.1, 0.15) is 6.92 Å². The lowest BCUT2D eigenvalue weighted by molar-refractivity contribution is -0.436. The van der Waals surface area contributed by atoms with Crippen molar-refractivity contribution < 1.29 is 248 Å². The molecule has 0 aromatic heterocycles. The molecule has 0 amide bonds. The first-order valence-corrected chi connectivity index (χ1v) is 33.7. The fraction of sp³-hybridized carbons (Fsp3) is 0.958. The lowest BCUT2D eigenvalue weighted by Crippen LogP contribution is -2.70. The summed E-state index contributed by atoms with van der Waals surface area (Å²) in [7, 11) is -29.1. The van der Waals surface area contributed by atoms with E-state index in [0.29, 0.717) is 0 Å². The molecule has 544 valence electrons. The molecule has 8 unspecified atom stereocenters. The zero-order chi connectivity index (χ0) is 68.6. The van der Waals surface area contributed by atoms with Crippen molar-refractivity contribution in [2.75, 3.05) is 13.2 Å². The molecule has 0 spiro atoms. The van der Waals surface area contributed by atoms with Crippen molar-refractivity contribution in [3.63, 3.8) is 0 Å². The number of carboxylic acid groups (broad SMARTS) is 1. The lowest BCUT2D eigenvalue weighted by Gasteiger charge is -2.50. The number of nitrogens with one attached hydrogen (secondary N) is 2. The minimum absolute atomic E-state index is 0.182. The van der Waals surface area contributed by atoms with E-state index in [1.807, 2.05) is 0 Å². The van der Waals surface area contributed by atoms with Crippen LogP contribution < -0.4 is 9.44 Å². The Hall–Kier alpha value is -0.0900. The predicted octanol–water partition coefficient (Wildman–Crippen LogP) is -3.22. The van der Waals surface area contributed by atoms with E-state index in [1.165, 1.54) is 0 Å². The summed E-state index contributed by atoms with van der Waals surface area (Å²) in [6.45, 7) is -2.31. The number of carboxylic acids is 1. The summed E-state index contributed by atoms with van der Waals surface area (Å²) in [5.41, 5.74) is -2.15. The average Bonchev–Trinajstić information content (AvgIpc) is 0.768. The smallest absolute Gasteiger partial charge is 0.397 e. The monoisotopic (exact) mass is 1610 g/mol. The van der Waals surface area contributed by atoms with Gasteiger partial charge in [-0.3, -0.25) is 39.5 Å². The van der Waals surface area contributed by atoms with Crippen LogP contribution in [0.25, 0.3) is 0 Å². The van der Waals surface area contributed by atoms with Crippen LogP contribution in [0.5, 0.6) is 0 Å². The molecule has 0 radical (unpaired) electrons. The van der Waals surface area contributed by atoms with Crippen LogP contribution in [0.4, 0.5) is 0 Å². The molecule has 15 N–H and O–H groups in total. The summed E-state index contributed by atoms with van der Waals surface area (Å²) in [5, 5.41) is 97.9. The largest absolute Gasteiger partial charge is 0.479 e. The van der Waals surface area contributed by atoms with Gasteiger partial charge in [0, 0.05) is 0 Å². The molecule has 68 heteroatoms. The SMILES string of the molecule is C[C@H]1O[C@@H](SOOO)[C@@H](O[C@@H]2OC(COS(=O)(=O)O)[C@H](O[C@@H]3OC(C(=O)O)[C@H](O[C@@H]4OC(COS(=O)(=O)O)[C@H](OSOOO)[C@H](OSOOO)C4NSOOO)[C@H](OSOOO)C3OS(=O)(=O)O)[C@H](OSOOO)C2NSOOO)C(OS(=O)(=O)O)C1OS(=O)(=O)O. The van der Waals surface area contributed by atoms with E-state index in [-0.39, 0.29) is 61.1 Å². The van der Waals surface area contributed by atoms with E-state index in [1.54, 1.807) is 0 Å². The Morgan fingerprint density at radius 2 is 0.793 bits per heavy atom. The lowest BCUT2D eigenvalue weighted by atomic mass is 9.95. The number of aliphatic carboxylic acids is 1. The Labute approximate surface area is 540 Å². The third kappa shape index (κ3) is 28.9. The molecule has 0 saturated carbocycles. The minimum atomic E-state index is -6.17. The Morgan fingerprint density at radius 1 is 0.413 bits per heavy atom. The van der Waals surface area contributed by atoms with E-state index < -0.39 is 218 Å². The third-order valence-electron chi connectivity index (χ3n) is 10.6. The van der Waals surface area contributed by atoms with Crippen LogP contribution in [0.2, 0.25) is 0 Å². The van der Waals surface area contributed by atoms with E-state index in [4.69, 9.17) is 90.9 Å². The number of rotatable bonds is 46. The Bertz CT molecular complexity index is 2730. The maximum Gasteiger partial charge on any atom is 0.397 e. The van der Waals surface area contributed by atoms with Gasteiger partial charge in [-0.25, -0.2) is 72.0 Å². The van der Waals surface area contributed by atoms with Crippen molar-refractivity contribution in [2.45, 2.75) is 129 Å². The maximum absolute atomic E-state index is 13.5. The highest BCUT2D eigenvalue weighted by Crippen LogP contribution is 2.43. The van der Waals surface area contributed by atoms with Gasteiger partial charge in [0.2, 0.25) is 0 Å². The predicted molar refractivity (Wildman–Crippen MR) is 267 cm³/mol. The minimum Gasteiger partial charge on any atom is -0.479 e. The van der Waals surface area contributed by atoms with Crippen molar-refractivity contribution in [3.8, 4) is 0 Å². The number of hydrogen-bond donors (Lipinski definition) is 15. The van der Waals surface area contributed by atoms with Crippen molar-refractivity contribution in [3.05, 3.63) is 0 Å². The van der Waals surface area contributed by atoms with Gasteiger partial charge in [0.1, 0.15) is 104 Å². The Balaban J connectivity index is 2.02. The van der Waals surface area contributed by atoms with Crippen molar-refractivity contribution in [1.82, 2.24) is 9.44 Å². The van der Waals surface area contributed by atoms with Gasteiger partial charge in [-0.15, -0.1) is 30.3 Å². The van der Waals surface area contributed by atoms with Crippen LogP contribution in [0.15, 0.2) is 0 Å². The molecule has 4 fully saturated rings. The summed E-state index contributed by atoms with van der Waals surface area (Å²) in [6, 6.07) is -4.48. The van der Waals surface area contributed by atoms with Gasteiger partial charge >= 0.3 is 58.0 Å². The van der Waals surface area contributed by atoms with Crippen molar-refractivity contribution >= 4 is 144 Å². The highest BCUT2D eigenvalue weighted by molar-refractivity contribution is 7.95. The van der Waals surface area contributed by atoms with E-state index in [0.717, 1.165) is 6.92 Å². The first-order valence-electron chi connectivity index (χ1n) is 21.9. The molecule has 4 rings (SSSR count). The van der Waals surface area contributed by atoms with Gasteiger partial charge in [0.05, 0.1) is 31.4 Å². The fourth-order valence-electron chi connectivity index (χ4n) is 7.71. The second kappa shape index (κ2) is 41.0. The molecule has 0 aliphatic carbocycles. The van der Waals surface area contributed by atoms with Gasteiger partial charge in [-0.1, -0.05) is 35.3 Å². The number of carbonyl (C=O) groups is 1. The van der Waals surface area contributed by atoms with Crippen LogP contribution in [0.3, 0.4) is 0 Å². The first-order chi connectivity index (χ1) is 43.2. The molecular formula is C24H42N2O54S12. The standard InChI is InChI=1S/C24H42N2O54S12/c1-4-9(64-90(42,43)44)16(65-91(45,46)47)19(24(53-4)81-74-67-29)59-22-7(25-82-75-68-30)12(61-85-78-71-33)10(5(54-22)2-51-88(36,37)38)56-23-18(66-92(48,49)50)15(63-87-80-73-35)14(17(58-23)20(27)28)57-21-8(26-83-76-69-31)13(62-86-79-72-34)11(60-84-77-70-32)6(55-21)3-52-89(39,40)41/h4-19,21-26,29-35H,2-3H2,1H3,(H,27,28)(H,36,37,38)(H,39,40,41)(H,42,43,44)(H,45,46,47)(H,48,49,50)/t4-,5?,6?,7?,8?,9?,10+,11+,12-,13-,14-,15+,16?,17?,18?,19+,21+,22+,23-,24+/m1/s1. The van der Waals surface area contributed by atoms with Crippen molar-refractivity contribution in [1.29, 1.82) is 0 Å². The Morgan fingerprint density at radius 3 is 1.22 bits per heavy atom. The van der Waals surface area contributed by atoms with Gasteiger partial charge in [0.15, 0.2) is 85.8 Å². The number of ether oxygens (including phenoxy) is 7. The highest BCUT2D eigenvalue weighted by atomic mass is 32.3. The summed E-state index contributed by atoms with van der Waals surface area (Å²) < 4.78 is 291. The molecule has 20 atom stereocenters. The summed E-state index contributed by atoms with van der Waals surface area (Å²) >= 11 is -2.52. The first kappa shape index (κ1) is 84.3. The normalized spacial score (nSPS) is 32.8. The Kier molecular flexibility index (Phi) is 37.6. The van der Waals surface area contributed by atoms with Gasteiger partial charge in [0.25, 0.3) is 0 Å². The molecule has 0 aromatic carbocycles. The molecule has 4 saturated heterocycles. The van der Waals surface area contributed by atoms with Gasteiger partial charge in [-0.05, 0) is 6.92 Å². The molecule has 4 aliphatic rings. The van der Waals surface area contributed by atoms with E-state index in [9.17, 15) is 74.8 Å². The second-order valence-corrected chi connectivity index (χ2v) is 24.9. The summed E-state index contributed by atoms with van der Waals surface area (Å²) in [4.78, 5) is 13.5. The van der Waals surface area contributed by atoms with Gasteiger partial charge in [-0.2, -0.15) is 42.1 Å². The zero-order valence-electron chi connectivity index (χ0n) is 42.9. The molecule has 0 bridgehead atoms.